The van der Waals surface area contributed by atoms with Crippen LogP contribution in [-0.2, 0) is 7.05 Å². The van der Waals surface area contributed by atoms with Crippen molar-refractivity contribution in [2.75, 3.05) is 0 Å². The monoisotopic (exact) mass is 324 g/mol. The second-order valence-electron chi connectivity index (χ2n) is 5.37. The number of amides is 1. The molecule has 0 bridgehead atoms. The summed E-state index contributed by atoms with van der Waals surface area (Å²) in [5, 5.41) is 3.78. The molecular formula is C19H17ClN2O. The number of carbonyl (C=O) groups is 1. The Kier molecular flexibility index (Phi) is 4.49. The highest BCUT2D eigenvalue weighted by molar-refractivity contribution is 6.30. The van der Waals surface area contributed by atoms with Crippen LogP contribution in [0, 0.1) is 0 Å². The first-order chi connectivity index (χ1) is 11.1. The van der Waals surface area contributed by atoms with Crippen LogP contribution in [0.3, 0.4) is 0 Å². The first-order valence-corrected chi connectivity index (χ1v) is 7.75. The van der Waals surface area contributed by atoms with Crippen LogP contribution in [0.1, 0.15) is 27.7 Å². The highest BCUT2D eigenvalue weighted by Crippen LogP contribution is 2.24. The molecule has 1 unspecified atom stereocenters. The summed E-state index contributed by atoms with van der Waals surface area (Å²) in [6.07, 6.45) is 1.97. The van der Waals surface area contributed by atoms with Crippen molar-refractivity contribution in [1.29, 1.82) is 0 Å². The molecule has 1 heterocycles. The maximum Gasteiger partial charge on any atom is 0.252 e. The molecule has 4 heteroatoms. The smallest absolute Gasteiger partial charge is 0.252 e. The highest BCUT2D eigenvalue weighted by Gasteiger charge is 2.19. The molecule has 1 N–H and O–H groups in total. The van der Waals surface area contributed by atoms with E-state index >= 15 is 0 Å². The summed E-state index contributed by atoms with van der Waals surface area (Å²) in [6, 6.07) is 20.5. The lowest BCUT2D eigenvalue weighted by Crippen LogP contribution is -2.30. The Labute approximate surface area is 140 Å². The van der Waals surface area contributed by atoms with Gasteiger partial charge in [-0.25, -0.2) is 0 Å². The molecule has 1 amide bonds. The molecular weight excluding hydrogens is 308 g/mol. The third-order valence-corrected chi connectivity index (χ3v) is 4.05. The minimum atomic E-state index is -0.236. The molecule has 0 aliphatic rings. The molecule has 1 aromatic heterocycles. The van der Waals surface area contributed by atoms with Crippen LogP contribution in [0.5, 0.6) is 0 Å². The quantitative estimate of drug-likeness (QED) is 0.767. The maximum absolute atomic E-state index is 12.6. The van der Waals surface area contributed by atoms with Gasteiger partial charge < -0.3 is 9.88 Å². The van der Waals surface area contributed by atoms with Gasteiger partial charge in [-0.3, -0.25) is 4.79 Å². The molecule has 0 saturated carbocycles. The van der Waals surface area contributed by atoms with Crippen molar-refractivity contribution in [3.8, 4) is 0 Å². The molecule has 23 heavy (non-hydrogen) atoms. The normalized spacial score (nSPS) is 11.9. The Morgan fingerprint density at radius 3 is 2.30 bits per heavy atom. The van der Waals surface area contributed by atoms with Crippen molar-refractivity contribution in [2.45, 2.75) is 6.04 Å². The maximum atomic E-state index is 12.6. The van der Waals surface area contributed by atoms with E-state index in [2.05, 4.69) is 5.32 Å². The van der Waals surface area contributed by atoms with Crippen LogP contribution in [0.4, 0.5) is 0 Å². The van der Waals surface area contributed by atoms with Gasteiger partial charge in [0.2, 0.25) is 0 Å². The predicted molar refractivity (Wildman–Crippen MR) is 92.6 cm³/mol. The van der Waals surface area contributed by atoms with Crippen LogP contribution in [-0.4, -0.2) is 10.5 Å². The summed E-state index contributed by atoms with van der Waals surface area (Å²) >= 11 is 5.98. The lowest BCUT2D eigenvalue weighted by Gasteiger charge is -2.20. The number of nitrogens with one attached hydrogen (secondary N) is 1. The average molecular weight is 325 g/mol. The molecule has 116 valence electrons. The van der Waals surface area contributed by atoms with Gasteiger partial charge in [-0.05, 0) is 42.0 Å². The van der Waals surface area contributed by atoms with Crippen LogP contribution in [0.15, 0.2) is 72.9 Å². The number of hydrogen-bond acceptors (Lipinski definition) is 1. The van der Waals surface area contributed by atoms with Crippen molar-refractivity contribution < 1.29 is 4.79 Å². The Morgan fingerprint density at radius 2 is 1.70 bits per heavy atom. The van der Waals surface area contributed by atoms with Gasteiger partial charge in [0.05, 0.1) is 6.04 Å². The van der Waals surface area contributed by atoms with Gasteiger partial charge in [-0.15, -0.1) is 0 Å². The van der Waals surface area contributed by atoms with Crippen molar-refractivity contribution in [2.24, 2.45) is 7.05 Å². The minimum Gasteiger partial charge on any atom is -0.352 e. The highest BCUT2D eigenvalue weighted by atomic mass is 35.5. The first kappa shape index (κ1) is 15.4. The Bertz CT molecular complexity index is 794. The summed E-state index contributed by atoms with van der Waals surface area (Å²) < 4.78 is 2.00. The molecule has 3 aromatic rings. The number of halogens is 1. The lowest BCUT2D eigenvalue weighted by molar-refractivity contribution is 0.0942. The van der Waals surface area contributed by atoms with Crippen molar-refractivity contribution in [3.05, 3.63) is 94.8 Å². The Hall–Kier alpha value is -2.52. The topological polar surface area (TPSA) is 34.0 Å². The molecule has 0 aliphatic heterocycles. The molecule has 0 radical (unpaired) electrons. The van der Waals surface area contributed by atoms with Crippen LogP contribution in [0.2, 0.25) is 5.02 Å². The fraction of sp³-hybridized carbons (Fsp3) is 0.105. The van der Waals surface area contributed by atoms with Crippen LogP contribution < -0.4 is 5.32 Å². The van der Waals surface area contributed by atoms with Gasteiger partial charge in [0, 0.05) is 29.5 Å². The second kappa shape index (κ2) is 6.71. The first-order valence-electron chi connectivity index (χ1n) is 7.38. The van der Waals surface area contributed by atoms with Crippen molar-refractivity contribution >= 4 is 17.5 Å². The third kappa shape index (κ3) is 3.46. The van der Waals surface area contributed by atoms with Crippen molar-refractivity contribution in [3.63, 3.8) is 0 Å². The number of carbonyl (C=O) groups excluding carboxylic acids is 1. The molecule has 0 spiro atoms. The average Bonchev–Trinajstić information content (AvgIpc) is 3.00. The summed E-state index contributed by atoms with van der Waals surface area (Å²) in [5.41, 5.74) is 2.64. The zero-order valence-electron chi connectivity index (χ0n) is 12.7. The standard InChI is InChI=1S/C19H17ClN2O/c1-22-13-5-8-17(22)18(14-9-11-16(20)12-10-14)21-19(23)15-6-3-2-4-7-15/h2-13,18H,1H3,(H,21,23). The number of nitrogens with zero attached hydrogens (tertiary/aromatic N) is 1. The molecule has 0 fully saturated rings. The fourth-order valence-electron chi connectivity index (χ4n) is 2.56. The predicted octanol–water partition coefficient (Wildman–Crippen LogP) is 4.20. The van der Waals surface area contributed by atoms with Crippen molar-refractivity contribution in [1.82, 2.24) is 9.88 Å². The minimum absolute atomic E-state index is 0.105. The summed E-state index contributed by atoms with van der Waals surface area (Å²) in [5.74, 6) is -0.105. The molecule has 3 rings (SSSR count). The number of benzene rings is 2. The zero-order chi connectivity index (χ0) is 16.2. The van der Waals surface area contributed by atoms with Gasteiger partial charge in [0.15, 0.2) is 0 Å². The molecule has 0 aliphatic carbocycles. The van der Waals surface area contributed by atoms with E-state index in [4.69, 9.17) is 11.6 Å². The van der Waals surface area contributed by atoms with Crippen LogP contribution >= 0.6 is 11.6 Å². The van der Waals surface area contributed by atoms with E-state index in [1.54, 1.807) is 12.1 Å². The van der Waals surface area contributed by atoms with Gasteiger partial charge in [-0.1, -0.05) is 41.9 Å². The molecule has 2 aromatic carbocycles. The van der Waals surface area contributed by atoms with E-state index in [1.807, 2.05) is 72.4 Å². The third-order valence-electron chi connectivity index (χ3n) is 3.79. The molecule has 0 saturated heterocycles. The van der Waals surface area contributed by atoms with Gasteiger partial charge >= 0.3 is 0 Å². The lowest BCUT2D eigenvalue weighted by atomic mass is 10.0. The number of rotatable bonds is 4. The van der Waals surface area contributed by atoms with E-state index in [-0.39, 0.29) is 11.9 Å². The van der Waals surface area contributed by atoms with Gasteiger partial charge in [-0.2, -0.15) is 0 Å². The van der Waals surface area contributed by atoms with E-state index in [0.717, 1.165) is 11.3 Å². The van der Waals surface area contributed by atoms with E-state index in [1.165, 1.54) is 0 Å². The molecule has 1 atom stereocenters. The zero-order valence-corrected chi connectivity index (χ0v) is 13.5. The number of aryl methyl sites for hydroxylation is 1. The van der Waals surface area contributed by atoms with E-state index < -0.39 is 0 Å². The Balaban J connectivity index is 1.94. The fourth-order valence-corrected chi connectivity index (χ4v) is 2.69. The van der Waals surface area contributed by atoms with E-state index in [9.17, 15) is 4.79 Å². The summed E-state index contributed by atoms with van der Waals surface area (Å²) in [6.45, 7) is 0. The van der Waals surface area contributed by atoms with E-state index in [0.29, 0.717) is 10.6 Å². The number of aromatic nitrogens is 1. The summed E-state index contributed by atoms with van der Waals surface area (Å²) in [4.78, 5) is 12.6. The largest absolute Gasteiger partial charge is 0.352 e. The second-order valence-corrected chi connectivity index (χ2v) is 5.80. The Morgan fingerprint density at radius 1 is 1.00 bits per heavy atom. The molecule has 3 nitrogen and oxygen atoms in total. The number of hydrogen-bond donors (Lipinski definition) is 1. The summed E-state index contributed by atoms with van der Waals surface area (Å²) in [7, 11) is 1.97. The van der Waals surface area contributed by atoms with Gasteiger partial charge in [0.1, 0.15) is 0 Å². The SMILES string of the molecule is Cn1cccc1C(NC(=O)c1ccccc1)c1ccc(Cl)cc1. The van der Waals surface area contributed by atoms with Gasteiger partial charge in [0.25, 0.3) is 5.91 Å². The van der Waals surface area contributed by atoms with Crippen LogP contribution in [0.25, 0.3) is 0 Å².